The van der Waals surface area contributed by atoms with Crippen LogP contribution >= 0.6 is 15.9 Å². The zero-order chi connectivity index (χ0) is 18.2. The molecule has 0 aliphatic rings. The van der Waals surface area contributed by atoms with Gasteiger partial charge in [0.2, 0.25) is 0 Å². The second kappa shape index (κ2) is 6.48. The molecule has 0 saturated carbocycles. The fraction of sp³-hybridized carbons (Fsp3) is 0.200. The summed E-state index contributed by atoms with van der Waals surface area (Å²) in [6.45, 7) is 6.31. The molecule has 3 aromatic rings. The SMILES string of the molecule is CC(C)(C)c1ccc(OC(=O)c2cc3cc(Br)ccc3oc2=O)cc1. The van der Waals surface area contributed by atoms with Crippen molar-refractivity contribution in [3.63, 3.8) is 0 Å². The van der Waals surface area contributed by atoms with Crippen molar-refractivity contribution in [2.75, 3.05) is 0 Å². The van der Waals surface area contributed by atoms with Gasteiger partial charge in [-0.05, 0) is 47.4 Å². The summed E-state index contributed by atoms with van der Waals surface area (Å²) >= 11 is 3.35. The minimum atomic E-state index is -0.737. The Balaban J connectivity index is 1.89. The topological polar surface area (TPSA) is 56.5 Å². The second-order valence-electron chi connectivity index (χ2n) is 6.79. The number of fused-ring (bicyclic) bond motifs is 1. The predicted molar refractivity (Wildman–Crippen MR) is 100 cm³/mol. The number of carbonyl (C=O) groups excluding carboxylic acids is 1. The highest BCUT2D eigenvalue weighted by Crippen LogP contribution is 2.25. The summed E-state index contributed by atoms with van der Waals surface area (Å²) in [7, 11) is 0. The first-order valence-electron chi connectivity index (χ1n) is 7.80. The average Bonchev–Trinajstić information content (AvgIpc) is 2.54. The van der Waals surface area contributed by atoms with Crippen LogP contribution in [0.3, 0.4) is 0 Å². The molecular formula is C20H17BrO4. The molecular weight excluding hydrogens is 384 g/mol. The maximum absolute atomic E-state index is 12.4. The maximum atomic E-state index is 12.4. The van der Waals surface area contributed by atoms with Gasteiger partial charge in [0, 0.05) is 9.86 Å². The van der Waals surface area contributed by atoms with E-state index in [9.17, 15) is 9.59 Å². The summed E-state index contributed by atoms with van der Waals surface area (Å²) in [5.41, 5.74) is 0.702. The molecule has 3 rings (SSSR count). The van der Waals surface area contributed by atoms with E-state index >= 15 is 0 Å². The Labute approximate surface area is 153 Å². The summed E-state index contributed by atoms with van der Waals surface area (Å²) in [4.78, 5) is 24.4. The summed E-state index contributed by atoms with van der Waals surface area (Å²) in [6, 6.07) is 13.9. The maximum Gasteiger partial charge on any atom is 0.351 e. The molecule has 0 bridgehead atoms. The van der Waals surface area contributed by atoms with Gasteiger partial charge >= 0.3 is 11.6 Å². The molecule has 2 aromatic carbocycles. The van der Waals surface area contributed by atoms with Gasteiger partial charge < -0.3 is 9.15 Å². The average molecular weight is 401 g/mol. The van der Waals surface area contributed by atoms with E-state index in [2.05, 4.69) is 36.7 Å². The minimum absolute atomic E-state index is 0.00927. The first-order valence-corrected chi connectivity index (χ1v) is 8.59. The van der Waals surface area contributed by atoms with E-state index in [1.54, 1.807) is 30.3 Å². The van der Waals surface area contributed by atoms with Gasteiger partial charge in [-0.1, -0.05) is 48.8 Å². The van der Waals surface area contributed by atoms with Gasteiger partial charge in [0.15, 0.2) is 0 Å². The van der Waals surface area contributed by atoms with Crippen LogP contribution in [0, 0.1) is 0 Å². The Hall–Kier alpha value is -2.40. The highest BCUT2D eigenvalue weighted by Gasteiger charge is 2.17. The van der Waals surface area contributed by atoms with Crippen molar-refractivity contribution in [1.82, 2.24) is 0 Å². The van der Waals surface area contributed by atoms with Crippen molar-refractivity contribution in [2.45, 2.75) is 26.2 Å². The van der Waals surface area contributed by atoms with Crippen LogP contribution in [-0.2, 0) is 5.41 Å². The van der Waals surface area contributed by atoms with Gasteiger partial charge in [0.1, 0.15) is 16.9 Å². The van der Waals surface area contributed by atoms with Gasteiger partial charge in [-0.15, -0.1) is 0 Å². The molecule has 0 aliphatic carbocycles. The summed E-state index contributed by atoms with van der Waals surface area (Å²) in [6.07, 6.45) is 0. The number of carbonyl (C=O) groups is 1. The Kier molecular flexibility index (Phi) is 4.52. The van der Waals surface area contributed by atoms with Crippen LogP contribution in [0.2, 0.25) is 0 Å². The summed E-state index contributed by atoms with van der Waals surface area (Å²) in [5, 5.41) is 0.643. The highest BCUT2D eigenvalue weighted by atomic mass is 79.9. The van der Waals surface area contributed by atoms with Gasteiger partial charge in [-0.3, -0.25) is 0 Å². The quantitative estimate of drug-likeness (QED) is 0.342. The van der Waals surface area contributed by atoms with Crippen molar-refractivity contribution in [2.24, 2.45) is 0 Å². The molecule has 1 heterocycles. The number of halogens is 1. The minimum Gasteiger partial charge on any atom is -0.423 e. The number of benzene rings is 2. The molecule has 0 saturated heterocycles. The molecule has 4 nitrogen and oxygen atoms in total. The third-order valence-electron chi connectivity index (χ3n) is 3.85. The van der Waals surface area contributed by atoms with E-state index in [0.29, 0.717) is 16.7 Å². The predicted octanol–water partition coefficient (Wildman–Crippen LogP) is 5.07. The van der Waals surface area contributed by atoms with Crippen LogP contribution < -0.4 is 10.4 Å². The number of hydrogen-bond acceptors (Lipinski definition) is 4. The third kappa shape index (κ3) is 3.82. The first-order chi connectivity index (χ1) is 11.7. The molecule has 25 heavy (non-hydrogen) atoms. The van der Waals surface area contributed by atoms with E-state index in [1.165, 1.54) is 6.07 Å². The summed E-state index contributed by atoms with van der Waals surface area (Å²) in [5.74, 6) is -0.356. The highest BCUT2D eigenvalue weighted by molar-refractivity contribution is 9.10. The van der Waals surface area contributed by atoms with E-state index in [1.807, 2.05) is 12.1 Å². The summed E-state index contributed by atoms with van der Waals surface area (Å²) < 4.78 is 11.3. The van der Waals surface area contributed by atoms with Crippen molar-refractivity contribution in [1.29, 1.82) is 0 Å². The van der Waals surface area contributed by atoms with Crippen LogP contribution in [0.4, 0.5) is 0 Å². The van der Waals surface area contributed by atoms with Crippen LogP contribution in [0.15, 0.2) is 62.2 Å². The Morgan fingerprint density at radius 3 is 2.36 bits per heavy atom. The Morgan fingerprint density at radius 1 is 1.04 bits per heavy atom. The standard InChI is InChI=1S/C20H17BrO4/c1-20(2,3)13-4-7-15(8-5-13)24-18(22)16-11-12-10-14(21)6-9-17(12)25-19(16)23/h4-11H,1-3H3. The monoisotopic (exact) mass is 400 g/mol. The molecule has 0 fully saturated rings. The molecule has 0 spiro atoms. The molecule has 1 aromatic heterocycles. The zero-order valence-corrected chi connectivity index (χ0v) is 15.7. The van der Waals surface area contributed by atoms with E-state index < -0.39 is 11.6 Å². The molecule has 128 valence electrons. The zero-order valence-electron chi connectivity index (χ0n) is 14.1. The number of hydrogen-bond donors (Lipinski definition) is 0. The number of rotatable bonds is 2. The lowest BCUT2D eigenvalue weighted by molar-refractivity contribution is 0.0730. The lowest BCUT2D eigenvalue weighted by atomic mass is 9.87. The van der Waals surface area contributed by atoms with Crippen molar-refractivity contribution in [3.8, 4) is 5.75 Å². The van der Waals surface area contributed by atoms with Crippen LogP contribution in [0.5, 0.6) is 5.75 Å². The smallest absolute Gasteiger partial charge is 0.351 e. The van der Waals surface area contributed by atoms with Crippen LogP contribution in [-0.4, -0.2) is 5.97 Å². The first kappa shape index (κ1) is 17.4. The Bertz CT molecular complexity index is 995. The van der Waals surface area contributed by atoms with Crippen molar-refractivity contribution < 1.29 is 13.9 Å². The molecule has 0 unspecified atom stereocenters. The fourth-order valence-electron chi connectivity index (χ4n) is 2.42. The lowest BCUT2D eigenvalue weighted by Gasteiger charge is -2.18. The van der Waals surface area contributed by atoms with Crippen molar-refractivity contribution >= 4 is 32.9 Å². The van der Waals surface area contributed by atoms with Gasteiger partial charge in [-0.25, -0.2) is 9.59 Å². The van der Waals surface area contributed by atoms with Crippen LogP contribution in [0.25, 0.3) is 11.0 Å². The molecule has 0 atom stereocenters. The number of ether oxygens (including phenoxy) is 1. The normalized spacial score (nSPS) is 11.5. The fourth-order valence-corrected chi connectivity index (χ4v) is 2.80. The van der Waals surface area contributed by atoms with Gasteiger partial charge in [0.25, 0.3) is 0 Å². The molecule has 0 amide bonds. The van der Waals surface area contributed by atoms with Gasteiger partial charge in [0.05, 0.1) is 0 Å². The molecule has 0 N–H and O–H groups in total. The number of esters is 1. The molecule has 0 aliphatic heterocycles. The molecule has 0 radical (unpaired) electrons. The van der Waals surface area contributed by atoms with E-state index in [4.69, 9.17) is 9.15 Å². The third-order valence-corrected chi connectivity index (χ3v) is 4.34. The largest absolute Gasteiger partial charge is 0.423 e. The second-order valence-corrected chi connectivity index (χ2v) is 7.71. The molecule has 5 heteroatoms. The Morgan fingerprint density at radius 2 is 1.72 bits per heavy atom. The van der Waals surface area contributed by atoms with Crippen molar-refractivity contribution in [3.05, 3.63) is 74.6 Å². The van der Waals surface area contributed by atoms with Gasteiger partial charge in [-0.2, -0.15) is 0 Å². The lowest BCUT2D eigenvalue weighted by Crippen LogP contribution is -2.18. The van der Waals surface area contributed by atoms with E-state index in [-0.39, 0.29) is 11.0 Å². The van der Waals surface area contributed by atoms with Crippen LogP contribution in [0.1, 0.15) is 36.7 Å². The van der Waals surface area contributed by atoms with E-state index in [0.717, 1.165) is 10.0 Å².